The summed E-state index contributed by atoms with van der Waals surface area (Å²) >= 11 is 0. The summed E-state index contributed by atoms with van der Waals surface area (Å²) in [5.41, 5.74) is 2.92. The summed E-state index contributed by atoms with van der Waals surface area (Å²) in [4.78, 5) is 4.70. The zero-order chi connectivity index (χ0) is 13.6. The van der Waals surface area contributed by atoms with Gasteiger partial charge in [-0.3, -0.25) is 0 Å². The highest BCUT2D eigenvalue weighted by Gasteiger charge is 2.23. The quantitative estimate of drug-likeness (QED) is 0.869. The van der Waals surface area contributed by atoms with E-state index in [9.17, 15) is 5.11 Å². The minimum atomic E-state index is 0. The van der Waals surface area contributed by atoms with Gasteiger partial charge in [-0.1, -0.05) is 0 Å². The molecule has 2 aromatic rings. The SMILES string of the molecule is Cc1oc2ccc(O)c(C)c2c1N1CCN(C)CC1.Cl.Cl. The van der Waals surface area contributed by atoms with Crippen LogP contribution in [0.2, 0.25) is 0 Å². The maximum Gasteiger partial charge on any atom is 0.137 e. The predicted molar refractivity (Wildman–Crippen MR) is 91.6 cm³/mol. The van der Waals surface area contributed by atoms with Crippen molar-refractivity contribution in [3.05, 3.63) is 23.5 Å². The fraction of sp³-hybridized carbons (Fsp3) is 0.467. The Labute approximate surface area is 137 Å². The van der Waals surface area contributed by atoms with E-state index in [-0.39, 0.29) is 24.8 Å². The molecule has 0 bridgehead atoms. The number of halogens is 2. The first-order valence-corrected chi connectivity index (χ1v) is 6.73. The maximum atomic E-state index is 9.92. The summed E-state index contributed by atoms with van der Waals surface area (Å²) in [5.74, 6) is 1.27. The second-order valence-electron chi connectivity index (χ2n) is 5.38. The van der Waals surface area contributed by atoms with E-state index in [1.54, 1.807) is 6.07 Å². The molecule has 0 radical (unpaired) electrons. The van der Waals surface area contributed by atoms with E-state index in [2.05, 4.69) is 16.8 Å². The number of piperazine rings is 1. The molecule has 21 heavy (non-hydrogen) atoms. The fourth-order valence-electron chi connectivity index (χ4n) is 2.86. The van der Waals surface area contributed by atoms with Crippen molar-refractivity contribution in [3.63, 3.8) is 0 Å². The molecule has 1 aromatic carbocycles. The molecule has 0 unspecified atom stereocenters. The Morgan fingerprint density at radius 1 is 1.05 bits per heavy atom. The summed E-state index contributed by atoms with van der Waals surface area (Å²) in [6.07, 6.45) is 0. The minimum absolute atomic E-state index is 0. The first-order valence-electron chi connectivity index (χ1n) is 6.73. The number of fused-ring (bicyclic) bond motifs is 1. The van der Waals surface area contributed by atoms with Gasteiger partial charge < -0.3 is 19.3 Å². The van der Waals surface area contributed by atoms with Gasteiger partial charge in [0.25, 0.3) is 0 Å². The third-order valence-electron chi connectivity index (χ3n) is 4.05. The second kappa shape index (κ2) is 6.77. The summed E-state index contributed by atoms with van der Waals surface area (Å²) in [6, 6.07) is 3.55. The van der Waals surface area contributed by atoms with Crippen molar-refractivity contribution >= 4 is 41.5 Å². The molecule has 0 spiro atoms. The van der Waals surface area contributed by atoms with Gasteiger partial charge in [0.2, 0.25) is 0 Å². The Balaban J connectivity index is 0.00000110. The van der Waals surface area contributed by atoms with E-state index >= 15 is 0 Å². The number of rotatable bonds is 1. The van der Waals surface area contributed by atoms with Crippen LogP contribution in [0.3, 0.4) is 0 Å². The minimum Gasteiger partial charge on any atom is -0.508 e. The van der Waals surface area contributed by atoms with Crippen LogP contribution in [0.15, 0.2) is 16.5 Å². The molecule has 1 aliphatic heterocycles. The van der Waals surface area contributed by atoms with Crippen molar-refractivity contribution in [2.45, 2.75) is 13.8 Å². The Kier molecular flexibility index (Phi) is 5.79. The molecule has 0 aliphatic carbocycles. The van der Waals surface area contributed by atoms with E-state index < -0.39 is 0 Å². The monoisotopic (exact) mass is 332 g/mol. The average molecular weight is 333 g/mol. The molecule has 0 atom stereocenters. The smallest absolute Gasteiger partial charge is 0.137 e. The van der Waals surface area contributed by atoms with Gasteiger partial charge in [0, 0.05) is 31.7 Å². The van der Waals surface area contributed by atoms with Crippen LogP contribution in [0, 0.1) is 13.8 Å². The average Bonchev–Trinajstić information content (AvgIpc) is 2.72. The molecular formula is C15H22Cl2N2O2. The fourth-order valence-corrected chi connectivity index (χ4v) is 2.86. The molecule has 1 fully saturated rings. The van der Waals surface area contributed by atoms with E-state index in [1.165, 1.54) is 0 Å². The van der Waals surface area contributed by atoms with Gasteiger partial charge in [0.05, 0.1) is 11.1 Å². The molecule has 0 saturated carbocycles. The number of benzene rings is 1. The van der Waals surface area contributed by atoms with Crippen molar-refractivity contribution in [2.24, 2.45) is 0 Å². The van der Waals surface area contributed by atoms with Crippen molar-refractivity contribution in [2.75, 3.05) is 38.1 Å². The lowest BCUT2D eigenvalue weighted by atomic mass is 10.1. The van der Waals surface area contributed by atoms with Gasteiger partial charge in [-0.05, 0) is 33.0 Å². The lowest BCUT2D eigenvalue weighted by Gasteiger charge is -2.34. The summed E-state index contributed by atoms with van der Waals surface area (Å²) in [6.45, 7) is 8.08. The number of hydrogen-bond donors (Lipinski definition) is 1. The van der Waals surface area contributed by atoms with Crippen LogP contribution >= 0.6 is 24.8 Å². The van der Waals surface area contributed by atoms with Crippen LogP contribution in [0.1, 0.15) is 11.3 Å². The molecule has 118 valence electrons. The molecule has 3 rings (SSSR count). The molecule has 4 nitrogen and oxygen atoms in total. The molecular weight excluding hydrogens is 311 g/mol. The highest BCUT2D eigenvalue weighted by atomic mass is 35.5. The molecule has 0 amide bonds. The van der Waals surface area contributed by atoms with Gasteiger partial charge in [0.15, 0.2) is 0 Å². The van der Waals surface area contributed by atoms with Crippen molar-refractivity contribution in [1.29, 1.82) is 0 Å². The van der Waals surface area contributed by atoms with Crippen LogP contribution in [0.25, 0.3) is 11.0 Å². The zero-order valence-corrected chi connectivity index (χ0v) is 14.2. The molecule has 6 heteroatoms. The van der Waals surface area contributed by atoms with Gasteiger partial charge in [-0.15, -0.1) is 24.8 Å². The first-order chi connectivity index (χ1) is 9.08. The molecule has 1 N–H and O–H groups in total. The molecule has 1 saturated heterocycles. The topological polar surface area (TPSA) is 39.9 Å². The number of aryl methyl sites for hydroxylation is 2. The lowest BCUT2D eigenvalue weighted by Crippen LogP contribution is -2.44. The normalized spacial score (nSPS) is 15.7. The standard InChI is InChI=1S/C15H20N2O2.2ClH/c1-10-12(18)4-5-13-14(10)15(11(2)19-13)17-8-6-16(3)7-9-17;;/h4-5,18H,6-9H2,1-3H3;2*1H. The van der Waals surface area contributed by atoms with Gasteiger partial charge >= 0.3 is 0 Å². The van der Waals surface area contributed by atoms with E-state index in [0.717, 1.165) is 54.2 Å². The number of anilines is 1. The van der Waals surface area contributed by atoms with E-state index in [0.29, 0.717) is 5.75 Å². The molecule has 1 aromatic heterocycles. The highest BCUT2D eigenvalue weighted by Crippen LogP contribution is 2.39. The van der Waals surface area contributed by atoms with Crippen LogP contribution in [0.4, 0.5) is 5.69 Å². The second-order valence-corrected chi connectivity index (χ2v) is 5.38. The van der Waals surface area contributed by atoms with Crippen LogP contribution in [0.5, 0.6) is 5.75 Å². The number of aromatic hydroxyl groups is 1. The maximum absolute atomic E-state index is 9.92. The Hall–Kier alpha value is -1.10. The van der Waals surface area contributed by atoms with E-state index in [1.807, 2.05) is 19.9 Å². The first kappa shape index (κ1) is 18.0. The molecule has 1 aliphatic rings. The third-order valence-corrected chi connectivity index (χ3v) is 4.05. The summed E-state index contributed by atoms with van der Waals surface area (Å²) in [7, 11) is 2.15. The Morgan fingerprint density at radius 2 is 1.67 bits per heavy atom. The Morgan fingerprint density at radius 3 is 2.29 bits per heavy atom. The van der Waals surface area contributed by atoms with E-state index in [4.69, 9.17) is 4.42 Å². The summed E-state index contributed by atoms with van der Waals surface area (Å²) in [5, 5.41) is 11.0. The number of phenols is 1. The van der Waals surface area contributed by atoms with Crippen LogP contribution in [-0.2, 0) is 0 Å². The zero-order valence-electron chi connectivity index (χ0n) is 12.5. The largest absolute Gasteiger partial charge is 0.508 e. The van der Waals surface area contributed by atoms with Crippen LogP contribution in [-0.4, -0.2) is 43.2 Å². The number of furan rings is 1. The number of hydrogen-bond acceptors (Lipinski definition) is 4. The molecule has 2 heterocycles. The van der Waals surface area contributed by atoms with Gasteiger partial charge in [-0.25, -0.2) is 0 Å². The number of nitrogens with zero attached hydrogens (tertiary/aromatic N) is 2. The van der Waals surface area contributed by atoms with Crippen molar-refractivity contribution in [1.82, 2.24) is 4.90 Å². The predicted octanol–water partition coefficient (Wildman–Crippen LogP) is 3.35. The Bertz CT molecular complexity index is 620. The summed E-state index contributed by atoms with van der Waals surface area (Å²) < 4.78 is 5.85. The van der Waals surface area contributed by atoms with Crippen molar-refractivity contribution < 1.29 is 9.52 Å². The van der Waals surface area contributed by atoms with Gasteiger partial charge in [-0.2, -0.15) is 0 Å². The van der Waals surface area contributed by atoms with Crippen LogP contribution < -0.4 is 4.90 Å². The third kappa shape index (κ3) is 3.07. The number of phenolic OH excluding ortho intramolecular Hbond substituents is 1. The lowest BCUT2D eigenvalue weighted by molar-refractivity contribution is 0.312. The highest BCUT2D eigenvalue weighted by molar-refractivity contribution is 5.96. The van der Waals surface area contributed by atoms with Crippen molar-refractivity contribution in [3.8, 4) is 5.75 Å². The number of likely N-dealkylation sites (N-methyl/N-ethyl adjacent to an activating group) is 1. The van der Waals surface area contributed by atoms with Gasteiger partial charge in [0.1, 0.15) is 17.1 Å².